The van der Waals surface area contributed by atoms with Crippen molar-refractivity contribution in [1.29, 1.82) is 0 Å². The van der Waals surface area contributed by atoms with Gasteiger partial charge in [0.25, 0.3) is 5.91 Å². The Hall–Kier alpha value is -2.80. The topological polar surface area (TPSA) is 80.8 Å². The molecule has 148 valence electrons. The Morgan fingerprint density at radius 2 is 2.07 bits per heavy atom. The SMILES string of the molecule is C[C@@H]1Oc2nc(NC(=O)OC(C)(C)C)ccc2N(Cc2cccc(Cl)c2)C1=O. The Bertz CT molecular complexity index is 911. The zero-order chi connectivity index (χ0) is 20.5. The summed E-state index contributed by atoms with van der Waals surface area (Å²) in [5.41, 5.74) is 0.790. The third-order valence-corrected chi connectivity index (χ3v) is 4.13. The molecule has 7 nitrogen and oxygen atoms in total. The Morgan fingerprint density at radius 1 is 1.32 bits per heavy atom. The lowest BCUT2D eigenvalue weighted by molar-refractivity contribution is -0.125. The number of hydrogen-bond acceptors (Lipinski definition) is 5. The summed E-state index contributed by atoms with van der Waals surface area (Å²) in [6, 6.07) is 10.6. The van der Waals surface area contributed by atoms with Crippen molar-refractivity contribution in [1.82, 2.24) is 4.98 Å². The minimum absolute atomic E-state index is 0.179. The van der Waals surface area contributed by atoms with Crippen LogP contribution in [0.4, 0.5) is 16.3 Å². The number of pyridine rings is 1. The van der Waals surface area contributed by atoms with E-state index in [1.54, 1.807) is 56.9 Å². The number of carbonyl (C=O) groups is 2. The van der Waals surface area contributed by atoms with Crippen LogP contribution in [0.25, 0.3) is 0 Å². The summed E-state index contributed by atoms with van der Waals surface area (Å²) in [4.78, 5) is 30.5. The first kappa shape index (κ1) is 19.9. The van der Waals surface area contributed by atoms with Gasteiger partial charge in [-0.1, -0.05) is 23.7 Å². The summed E-state index contributed by atoms with van der Waals surface area (Å²) in [5, 5.41) is 3.17. The minimum Gasteiger partial charge on any atom is -0.463 e. The number of amides is 2. The van der Waals surface area contributed by atoms with Crippen molar-refractivity contribution >= 4 is 35.1 Å². The number of halogens is 1. The highest BCUT2D eigenvalue weighted by molar-refractivity contribution is 6.30. The first-order chi connectivity index (χ1) is 13.1. The van der Waals surface area contributed by atoms with Crippen LogP contribution in [-0.4, -0.2) is 28.7 Å². The molecule has 1 atom stereocenters. The summed E-state index contributed by atoms with van der Waals surface area (Å²) in [5.74, 6) is 0.363. The third kappa shape index (κ3) is 4.72. The molecule has 0 aliphatic carbocycles. The summed E-state index contributed by atoms with van der Waals surface area (Å²) >= 11 is 6.05. The molecule has 2 aromatic rings. The van der Waals surface area contributed by atoms with Gasteiger partial charge in [-0.25, -0.2) is 4.79 Å². The van der Waals surface area contributed by atoms with Gasteiger partial charge in [-0.05, 0) is 57.5 Å². The standard InChI is InChI=1S/C20H22ClN3O4/c1-12-18(25)24(11-13-6-5-7-14(21)10-13)15-8-9-16(22-17(15)27-12)23-19(26)28-20(2,3)4/h5-10,12H,11H2,1-4H3,(H,22,23,26)/t12-/m0/s1. The van der Waals surface area contributed by atoms with E-state index < -0.39 is 17.8 Å². The molecule has 1 aromatic heterocycles. The van der Waals surface area contributed by atoms with E-state index in [-0.39, 0.29) is 17.6 Å². The molecule has 1 aliphatic heterocycles. The number of anilines is 2. The quantitative estimate of drug-likeness (QED) is 0.821. The molecule has 1 aromatic carbocycles. The summed E-state index contributed by atoms with van der Waals surface area (Å²) in [6.07, 6.45) is -1.31. The minimum atomic E-state index is -0.698. The highest BCUT2D eigenvalue weighted by atomic mass is 35.5. The van der Waals surface area contributed by atoms with E-state index in [2.05, 4.69) is 10.3 Å². The van der Waals surface area contributed by atoms with Gasteiger partial charge in [0.1, 0.15) is 17.1 Å². The molecule has 1 aliphatic rings. The van der Waals surface area contributed by atoms with E-state index in [0.717, 1.165) is 5.56 Å². The van der Waals surface area contributed by atoms with Gasteiger partial charge >= 0.3 is 6.09 Å². The van der Waals surface area contributed by atoms with Crippen molar-refractivity contribution in [2.45, 2.75) is 45.9 Å². The molecule has 28 heavy (non-hydrogen) atoms. The Kier molecular flexibility index (Phi) is 5.47. The van der Waals surface area contributed by atoms with Crippen molar-refractivity contribution in [3.8, 4) is 5.88 Å². The molecule has 0 fully saturated rings. The number of nitrogens with one attached hydrogen (secondary N) is 1. The third-order valence-electron chi connectivity index (χ3n) is 3.89. The van der Waals surface area contributed by atoms with Crippen LogP contribution >= 0.6 is 11.6 Å². The van der Waals surface area contributed by atoms with Gasteiger partial charge < -0.3 is 9.47 Å². The molecule has 3 rings (SSSR count). The fraction of sp³-hybridized carbons (Fsp3) is 0.350. The molecule has 0 saturated carbocycles. The van der Waals surface area contributed by atoms with Gasteiger partial charge in [-0.3, -0.25) is 15.0 Å². The van der Waals surface area contributed by atoms with Crippen LogP contribution in [-0.2, 0) is 16.1 Å². The first-order valence-corrected chi connectivity index (χ1v) is 9.24. The fourth-order valence-corrected chi connectivity index (χ4v) is 2.95. The zero-order valence-electron chi connectivity index (χ0n) is 16.2. The molecule has 0 bridgehead atoms. The molecule has 1 N–H and O–H groups in total. The molecule has 0 unspecified atom stereocenters. The van der Waals surface area contributed by atoms with Crippen molar-refractivity contribution in [2.24, 2.45) is 0 Å². The number of fused-ring (bicyclic) bond motifs is 1. The highest BCUT2D eigenvalue weighted by Crippen LogP contribution is 2.34. The van der Waals surface area contributed by atoms with Crippen LogP contribution in [0.1, 0.15) is 33.3 Å². The van der Waals surface area contributed by atoms with Crippen molar-refractivity contribution in [3.63, 3.8) is 0 Å². The van der Waals surface area contributed by atoms with Gasteiger partial charge in [0.15, 0.2) is 6.10 Å². The van der Waals surface area contributed by atoms with Gasteiger partial charge in [0.2, 0.25) is 5.88 Å². The lowest BCUT2D eigenvalue weighted by atomic mass is 10.1. The van der Waals surface area contributed by atoms with Crippen molar-refractivity contribution in [2.75, 3.05) is 10.2 Å². The zero-order valence-corrected chi connectivity index (χ0v) is 16.9. The van der Waals surface area contributed by atoms with Gasteiger partial charge in [-0.15, -0.1) is 0 Å². The molecule has 0 spiro atoms. The number of benzene rings is 1. The average molecular weight is 404 g/mol. The lowest BCUT2D eigenvalue weighted by Gasteiger charge is -2.32. The molecule has 2 heterocycles. The van der Waals surface area contributed by atoms with Crippen LogP contribution in [0, 0.1) is 0 Å². The normalized spacial score (nSPS) is 16.2. The van der Waals surface area contributed by atoms with E-state index in [1.165, 1.54) is 0 Å². The predicted octanol–water partition coefficient (Wildman–Crippen LogP) is 4.40. The molecular formula is C20H22ClN3O4. The molecule has 2 amide bonds. The Labute approximate surface area is 168 Å². The largest absolute Gasteiger partial charge is 0.463 e. The average Bonchev–Trinajstić information content (AvgIpc) is 2.57. The van der Waals surface area contributed by atoms with E-state index >= 15 is 0 Å². The van der Waals surface area contributed by atoms with Crippen LogP contribution < -0.4 is 15.0 Å². The Balaban J connectivity index is 1.84. The summed E-state index contributed by atoms with van der Waals surface area (Å²) < 4.78 is 10.9. The summed E-state index contributed by atoms with van der Waals surface area (Å²) in [6.45, 7) is 7.32. The van der Waals surface area contributed by atoms with E-state index in [1.807, 2.05) is 12.1 Å². The Morgan fingerprint density at radius 3 is 2.75 bits per heavy atom. The maximum atomic E-state index is 12.6. The maximum absolute atomic E-state index is 12.6. The lowest BCUT2D eigenvalue weighted by Crippen LogP contribution is -2.44. The fourth-order valence-electron chi connectivity index (χ4n) is 2.74. The molecule has 0 saturated heterocycles. The van der Waals surface area contributed by atoms with Crippen LogP contribution in [0.2, 0.25) is 5.02 Å². The number of hydrogen-bond donors (Lipinski definition) is 1. The van der Waals surface area contributed by atoms with Crippen molar-refractivity contribution in [3.05, 3.63) is 47.0 Å². The predicted molar refractivity (Wildman–Crippen MR) is 107 cm³/mol. The monoisotopic (exact) mass is 403 g/mol. The molecule has 0 radical (unpaired) electrons. The highest BCUT2D eigenvalue weighted by Gasteiger charge is 2.33. The number of carbonyl (C=O) groups excluding carboxylic acids is 2. The second-order valence-corrected chi connectivity index (χ2v) is 7.90. The number of nitrogens with zero attached hydrogens (tertiary/aromatic N) is 2. The van der Waals surface area contributed by atoms with Gasteiger partial charge in [-0.2, -0.15) is 4.98 Å². The smallest absolute Gasteiger partial charge is 0.413 e. The number of rotatable bonds is 3. The number of ether oxygens (including phenoxy) is 2. The number of aromatic nitrogens is 1. The van der Waals surface area contributed by atoms with Crippen LogP contribution in [0.15, 0.2) is 36.4 Å². The van der Waals surface area contributed by atoms with Gasteiger partial charge in [0, 0.05) is 5.02 Å². The van der Waals surface area contributed by atoms with E-state index in [9.17, 15) is 9.59 Å². The second-order valence-electron chi connectivity index (χ2n) is 7.46. The summed E-state index contributed by atoms with van der Waals surface area (Å²) in [7, 11) is 0. The van der Waals surface area contributed by atoms with Crippen molar-refractivity contribution < 1.29 is 19.1 Å². The maximum Gasteiger partial charge on any atom is 0.413 e. The second kappa shape index (κ2) is 7.67. The molecule has 8 heteroatoms. The molecular weight excluding hydrogens is 382 g/mol. The first-order valence-electron chi connectivity index (χ1n) is 8.86. The van der Waals surface area contributed by atoms with E-state index in [4.69, 9.17) is 21.1 Å². The van der Waals surface area contributed by atoms with E-state index in [0.29, 0.717) is 17.3 Å². The van der Waals surface area contributed by atoms with Crippen LogP contribution in [0.3, 0.4) is 0 Å². The van der Waals surface area contributed by atoms with Crippen LogP contribution in [0.5, 0.6) is 5.88 Å². The van der Waals surface area contributed by atoms with Gasteiger partial charge in [0.05, 0.1) is 6.54 Å².